The van der Waals surface area contributed by atoms with E-state index in [0.29, 0.717) is 12.1 Å². The molecule has 2 unspecified atom stereocenters. The molecule has 0 aromatic heterocycles. The van der Waals surface area contributed by atoms with Gasteiger partial charge in [-0.1, -0.05) is 0 Å². The van der Waals surface area contributed by atoms with E-state index < -0.39 is 5.54 Å². The number of amides is 1. The van der Waals surface area contributed by atoms with Crippen LogP contribution in [0, 0.1) is 0 Å². The summed E-state index contributed by atoms with van der Waals surface area (Å²) in [6, 6.07) is 0.958. The van der Waals surface area contributed by atoms with Gasteiger partial charge in [-0.25, -0.2) is 0 Å². The second-order valence-electron chi connectivity index (χ2n) is 5.21. The van der Waals surface area contributed by atoms with E-state index in [4.69, 9.17) is 5.73 Å². The fourth-order valence-corrected chi connectivity index (χ4v) is 2.59. The van der Waals surface area contributed by atoms with Gasteiger partial charge in [0.25, 0.3) is 0 Å². The summed E-state index contributed by atoms with van der Waals surface area (Å²) in [4.78, 5) is 13.9. The third-order valence-corrected chi connectivity index (χ3v) is 4.07. The van der Waals surface area contributed by atoms with Crippen LogP contribution in [-0.4, -0.2) is 42.5 Å². The summed E-state index contributed by atoms with van der Waals surface area (Å²) in [5.41, 5.74) is 5.04. The van der Waals surface area contributed by atoms with Gasteiger partial charge in [0.2, 0.25) is 5.91 Å². The Morgan fingerprint density at radius 3 is 2.62 bits per heavy atom. The zero-order chi connectivity index (χ0) is 12.3. The van der Waals surface area contributed by atoms with Crippen LogP contribution >= 0.6 is 0 Å². The first kappa shape index (κ1) is 13.5. The quantitative estimate of drug-likeness (QED) is 0.744. The van der Waals surface area contributed by atoms with Crippen LogP contribution in [0.4, 0.5) is 0 Å². The molecule has 0 aromatic carbocycles. The van der Waals surface area contributed by atoms with Crippen LogP contribution in [0.15, 0.2) is 0 Å². The monoisotopic (exact) mass is 227 g/mol. The van der Waals surface area contributed by atoms with Gasteiger partial charge < -0.3 is 16.0 Å². The number of carbonyl (C=O) groups is 1. The molecule has 1 saturated carbocycles. The zero-order valence-corrected chi connectivity index (χ0v) is 10.9. The van der Waals surface area contributed by atoms with Crippen molar-refractivity contribution >= 4 is 5.91 Å². The zero-order valence-electron chi connectivity index (χ0n) is 10.9. The Bertz CT molecular complexity index is 255. The van der Waals surface area contributed by atoms with Gasteiger partial charge in [0.05, 0.1) is 5.54 Å². The molecule has 0 aromatic rings. The first-order valence-electron chi connectivity index (χ1n) is 6.13. The minimum Gasteiger partial charge on any atom is -0.368 e. The predicted molar refractivity (Wildman–Crippen MR) is 66.1 cm³/mol. The molecule has 0 heterocycles. The highest BCUT2D eigenvalue weighted by atomic mass is 16.1. The lowest BCUT2D eigenvalue weighted by molar-refractivity contribution is -0.126. The molecule has 94 valence electrons. The molecule has 0 radical (unpaired) electrons. The van der Waals surface area contributed by atoms with Crippen LogP contribution in [-0.2, 0) is 4.79 Å². The van der Waals surface area contributed by atoms with E-state index in [1.54, 1.807) is 0 Å². The van der Waals surface area contributed by atoms with Crippen molar-refractivity contribution in [3.05, 3.63) is 0 Å². The van der Waals surface area contributed by atoms with Crippen LogP contribution in [0.5, 0.6) is 0 Å². The standard InChI is InChI=1S/C12H25N3O/c1-9(2)15(4)10-6-5-7-12(8-10,14-3)11(13)16/h9-10,14H,5-8H2,1-4H3,(H2,13,16). The van der Waals surface area contributed by atoms with E-state index in [1.807, 2.05) is 7.05 Å². The van der Waals surface area contributed by atoms with Gasteiger partial charge in [0, 0.05) is 12.1 Å². The molecule has 4 nitrogen and oxygen atoms in total. The lowest BCUT2D eigenvalue weighted by atomic mass is 9.78. The molecular formula is C12H25N3O. The third kappa shape index (κ3) is 2.55. The average molecular weight is 227 g/mol. The molecule has 1 rings (SSSR count). The van der Waals surface area contributed by atoms with Crippen molar-refractivity contribution < 1.29 is 4.79 Å². The largest absolute Gasteiger partial charge is 0.368 e. The molecule has 0 spiro atoms. The number of carbonyl (C=O) groups excluding carboxylic acids is 1. The summed E-state index contributed by atoms with van der Waals surface area (Å²) in [5, 5.41) is 3.14. The normalized spacial score (nSPS) is 31.0. The van der Waals surface area contributed by atoms with Gasteiger partial charge in [-0.15, -0.1) is 0 Å². The Balaban J connectivity index is 2.76. The van der Waals surface area contributed by atoms with Crippen molar-refractivity contribution in [3.8, 4) is 0 Å². The van der Waals surface area contributed by atoms with Crippen molar-refractivity contribution in [1.82, 2.24) is 10.2 Å². The van der Waals surface area contributed by atoms with Gasteiger partial charge in [-0.05, 0) is 53.6 Å². The fourth-order valence-electron chi connectivity index (χ4n) is 2.59. The lowest BCUT2D eigenvalue weighted by Crippen LogP contribution is -2.59. The molecule has 16 heavy (non-hydrogen) atoms. The molecule has 4 heteroatoms. The molecule has 1 fully saturated rings. The van der Waals surface area contributed by atoms with E-state index in [2.05, 4.69) is 31.1 Å². The smallest absolute Gasteiger partial charge is 0.237 e. The second-order valence-corrected chi connectivity index (χ2v) is 5.21. The molecular weight excluding hydrogens is 202 g/mol. The predicted octanol–water partition coefficient (Wildman–Crippen LogP) is 0.713. The van der Waals surface area contributed by atoms with E-state index in [0.717, 1.165) is 25.7 Å². The Morgan fingerprint density at radius 2 is 2.19 bits per heavy atom. The maximum absolute atomic E-state index is 11.6. The van der Waals surface area contributed by atoms with E-state index in [9.17, 15) is 4.79 Å². The van der Waals surface area contributed by atoms with Crippen molar-refractivity contribution in [3.63, 3.8) is 0 Å². The van der Waals surface area contributed by atoms with E-state index in [-0.39, 0.29) is 5.91 Å². The number of nitrogens with two attached hydrogens (primary N) is 1. The van der Waals surface area contributed by atoms with Crippen molar-refractivity contribution in [2.45, 2.75) is 57.2 Å². The third-order valence-electron chi connectivity index (χ3n) is 4.07. The van der Waals surface area contributed by atoms with Crippen molar-refractivity contribution in [2.24, 2.45) is 5.73 Å². The Kier molecular flexibility index (Phi) is 4.33. The van der Waals surface area contributed by atoms with Crippen LogP contribution in [0.2, 0.25) is 0 Å². The number of likely N-dealkylation sites (N-methyl/N-ethyl adjacent to an activating group) is 1. The molecule has 0 bridgehead atoms. The number of nitrogens with zero attached hydrogens (tertiary/aromatic N) is 1. The van der Waals surface area contributed by atoms with Crippen LogP contribution in [0.25, 0.3) is 0 Å². The van der Waals surface area contributed by atoms with Crippen LogP contribution in [0.1, 0.15) is 39.5 Å². The second kappa shape index (κ2) is 5.15. The van der Waals surface area contributed by atoms with Crippen molar-refractivity contribution in [2.75, 3.05) is 14.1 Å². The summed E-state index contributed by atoms with van der Waals surface area (Å²) >= 11 is 0. The van der Waals surface area contributed by atoms with E-state index in [1.165, 1.54) is 0 Å². The minimum atomic E-state index is -0.494. The highest BCUT2D eigenvalue weighted by molar-refractivity contribution is 5.84. The van der Waals surface area contributed by atoms with E-state index >= 15 is 0 Å². The number of hydrogen-bond donors (Lipinski definition) is 2. The van der Waals surface area contributed by atoms with Gasteiger partial charge in [-0.2, -0.15) is 0 Å². The van der Waals surface area contributed by atoms with Gasteiger partial charge >= 0.3 is 0 Å². The number of primary amides is 1. The molecule has 1 aliphatic rings. The maximum Gasteiger partial charge on any atom is 0.237 e. The molecule has 2 atom stereocenters. The molecule has 0 saturated heterocycles. The highest BCUT2D eigenvalue weighted by Gasteiger charge is 2.41. The molecule has 3 N–H and O–H groups in total. The Labute approximate surface area is 98.6 Å². The minimum absolute atomic E-state index is 0.211. The van der Waals surface area contributed by atoms with Crippen LogP contribution in [0.3, 0.4) is 0 Å². The van der Waals surface area contributed by atoms with Gasteiger partial charge in [-0.3, -0.25) is 4.79 Å². The first-order chi connectivity index (χ1) is 7.43. The topological polar surface area (TPSA) is 58.4 Å². The van der Waals surface area contributed by atoms with Gasteiger partial charge in [0.15, 0.2) is 0 Å². The summed E-state index contributed by atoms with van der Waals surface area (Å²) < 4.78 is 0. The first-order valence-corrected chi connectivity index (χ1v) is 6.13. The molecule has 0 aliphatic heterocycles. The lowest BCUT2D eigenvalue weighted by Gasteiger charge is -2.43. The molecule has 1 amide bonds. The summed E-state index contributed by atoms with van der Waals surface area (Å²) in [5.74, 6) is -0.211. The fraction of sp³-hybridized carbons (Fsp3) is 0.917. The van der Waals surface area contributed by atoms with Gasteiger partial charge in [0.1, 0.15) is 0 Å². The maximum atomic E-state index is 11.6. The summed E-state index contributed by atoms with van der Waals surface area (Å²) in [6.45, 7) is 4.36. The summed E-state index contributed by atoms with van der Waals surface area (Å²) in [6.07, 6.45) is 3.91. The highest BCUT2D eigenvalue weighted by Crippen LogP contribution is 2.31. The summed E-state index contributed by atoms with van der Waals surface area (Å²) in [7, 11) is 3.96. The number of nitrogens with one attached hydrogen (secondary N) is 1. The molecule has 1 aliphatic carbocycles. The number of rotatable bonds is 4. The Hall–Kier alpha value is -0.610. The van der Waals surface area contributed by atoms with Crippen molar-refractivity contribution in [1.29, 1.82) is 0 Å². The Morgan fingerprint density at radius 1 is 1.56 bits per heavy atom. The SMILES string of the molecule is CNC1(C(N)=O)CCCC(N(C)C(C)C)C1. The average Bonchev–Trinajstić information content (AvgIpc) is 2.27. The van der Waals surface area contributed by atoms with Crippen LogP contribution < -0.4 is 11.1 Å². The number of hydrogen-bond acceptors (Lipinski definition) is 3.